The van der Waals surface area contributed by atoms with Crippen LogP contribution in [-0.2, 0) is 20.7 Å². The normalized spacial score (nSPS) is 11.5. The van der Waals surface area contributed by atoms with Gasteiger partial charge in [-0.15, -0.1) is 0 Å². The molecule has 3 aromatic carbocycles. The number of nitro groups is 1. The second kappa shape index (κ2) is 10.2. The molecule has 7 nitrogen and oxygen atoms in total. The molecule has 0 saturated carbocycles. The number of hydrogen-bond acceptors (Lipinski definition) is 5. The van der Waals surface area contributed by atoms with Crippen LogP contribution in [0.1, 0.15) is 22.6 Å². The monoisotopic (exact) mass is 418 g/mol. The van der Waals surface area contributed by atoms with E-state index in [0.29, 0.717) is 5.56 Å². The van der Waals surface area contributed by atoms with Crippen LogP contribution in [0.15, 0.2) is 84.9 Å². The van der Waals surface area contributed by atoms with E-state index in [1.165, 1.54) is 13.2 Å². The van der Waals surface area contributed by atoms with Crippen molar-refractivity contribution in [2.75, 3.05) is 7.11 Å². The molecule has 1 N–H and O–H groups in total. The fraction of sp³-hybridized carbons (Fsp3) is 0.167. The first kappa shape index (κ1) is 21.7. The van der Waals surface area contributed by atoms with E-state index in [1.807, 2.05) is 60.7 Å². The lowest BCUT2D eigenvalue weighted by atomic mass is 9.90. The zero-order valence-corrected chi connectivity index (χ0v) is 16.9. The molecule has 0 unspecified atom stereocenters. The van der Waals surface area contributed by atoms with Crippen LogP contribution in [0.3, 0.4) is 0 Å². The Morgan fingerprint density at radius 3 is 1.94 bits per heavy atom. The van der Waals surface area contributed by atoms with Crippen LogP contribution in [0.2, 0.25) is 0 Å². The van der Waals surface area contributed by atoms with Crippen molar-refractivity contribution in [3.8, 4) is 0 Å². The third kappa shape index (κ3) is 5.33. The number of amides is 1. The van der Waals surface area contributed by atoms with Crippen LogP contribution in [0.25, 0.3) is 0 Å². The van der Waals surface area contributed by atoms with Crippen molar-refractivity contribution in [1.29, 1.82) is 0 Å². The molecule has 1 amide bonds. The third-order valence-electron chi connectivity index (χ3n) is 4.94. The maximum atomic E-state index is 13.3. The molecule has 0 aliphatic rings. The van der Waals surface area contributed by atoms with E-state index >= 15 is 0 Å². The number of nitrogens with zero attached hydrogens (tertiary/aromatic N) is 1. The second-order valence-electron chi connectivity index (χ2n) is 6.93. The van der Waals surface area contributed by atoms with Crippen molar-refractivity contribution >= 4 is 17.6 Å². The van der Waals surface area contributed by atoms with Gasteiger partial charge in [0.2, 0.25) is 5.91 Å². The summed E-state index contributed by atoms with van der Waals surface area (Å²) in [5.41, 5.74) is 1.74. The summed E-state index contributed by atoms with van der Waals surface area (Å²) in [6, 6.07) is 23.5. The van der Waals surface area contributed by atoms with E-state index in [0.717, 1.165) is 11.1 Å². The molecule has 31 heavy (non-hydrogen) atoms. The smallest absolute Gasteiger partial charge is 0.328 e. The molecule has 0 fully saturated rings. The number of methoxy groups -OCH3 is 1. The molecule has 3 rings (SSSR count). The van der Waals surface area contributed by atoms with Crippen molar-refractivity contribution in [2.45, 2.75) is 18.4 Å². The topological polar surface area (TPSA) is 98.5 Å². The molecular formula is C24H22N2O5. The van der Waals surface area contributed by atoms with Crippen LogP contribution in [-0.4, -0.2) is 30.0 Å². The number of esters is 1. The number of ether oxygens (including phenoxy) is 1. The lowest BCUT2D eigenvalue weighted by Gasteiger charge is -2.22. The molecular weight excluding hydrogens is 396 g/mol. The van der Waals surface area contributed by atoms with E-state index in [-0.39, 0.29) is 12.1 Å². The maximum absolute atomic E-state index is 13.3. The predicted molar refractivity (Wildman–Crippen MR) is 115 cm³/mol. The average molecular weight is 418 g/mol. The van der Waals surface area contributed by atoms with Crippen molar-refractivity contribution in [2.24, 2.45) is 0 Å². The number of carbonyl (C=O) groups excluding carboxylic acids is 2. The number of carbonyl (C=O) groups is 2. The summed E-state index contributed by atoms with van der Waals surface area (Å²) in [6.07, 6.45) is -0.0636. The summed E-state index contributed by atoms with van der Waals surface area (Å²) < 4.78 is 4.85. The van der Waals surface area contributed by atoms with Gasteiger partial charge in [0.25, 0.3) is 5.69 Å². The van der Waals surface area contributed by atoms with Crippen LogP contribution in [0.4, 0.5) is 5.69 Å². The number of nitrogens with one attached hydrogen (secondary N) is 1. The van der Waals surface area contributed by atoms with Crippen LogP contribution in [0.5, 0.6) is 0 Å². The van der Waals surface area contributed by atoms with Gasteiger partial charge >= 0.3 is 5.97 Å². The van der Waals surface area contributed by atoms with Gasteiger partial charge in [-0.25, -0.2) is 4.79 Å². The summed E-state index contributed by atoms with van der Waals surface area (Å²) in [4.78, 5) is 36.6. The van der Waals surface area contributed by atoms with Crippen LogP contribution in [0, 0.1) is 10.1 Å². The van der Waals surface area contributed by atoms with Gasteiger partial charge < -0.3 is 10.1 Å². The number of hydrogen-bond donors (Lipinski definition) is 1. The quantitative estimate of drug-likeness (QED) is 0.342. The van der Waals surface area contributed by atoms with Gasteiger partial charge in [0.15, 0.2) is 0 Å². The minimum Gasteiger partial charge on any atom is -0.467 e. The highest BCUT2D eigenvalue weighted by Crippen LogP contribution is 2.26. The van der Waals surface area contributed by atoms with Gasteiger partial charge in [-0.1, -0.05) is 78.9 Å². The molecule has 0 heterocycles. The molecule has 0 bridgehead atoms. The van der Waals surface area contributed by atoms with Crippen LogP contribution >= 0.6 is 0 Å². The fourth-order valence-corrected chi connectivity index (χ4v) is 3.46. The maximum Gasteiger partial charge on any atom is 0.328 e. The Morgan fingerprint density at radius 1 is 0.903 bits per heavy atom. The van der Waals surface area contributed by atoms with Crippen molar-refractivity contribution < 1.29 is 19.2 Å². The van der Waals surface area contributed by atoms with Gasteiger partial charge in [-0.3, -0.25) is 14.9 Å². The first-order valence-corrected chi connectivity index (χ1v) is 9.71. The van der Waals surface area contributed by atoms with Crippen molar-refractivity contribution in [1.82, 2.24) is 5.32 Å². The van der Waals surface area contributed by atoms with E-state index < -0.39 is 28.8 Å². The van der Waals surface area contributed by atoms with Crippen molar-refractivity contribution in [3.63, 3.8) is 0 Å². The van der Waals surface area contributed by atoms with E-state index in [1.54, 1.807) is 18.2 Å². The van der Waals surface area contributed by atoms with Gasteiger partial charge in [-0.2, -0.15) is 0 Å². The number of benzene rings is 3. The van der Waals surface area contributed by atoms with Crippen LogP contribution < -0.4 is 5.32 Å². The zero-order valence-electron chi connectivity index (χ0n) is 16.9. The molecule has 0 radical (unpaired) electrons. The predicted octanol–water partition coefficient (Wildman–Crippen LogP) is 3.63. The van der Waals surface area contributed by atoms with E-state index in [4.69, 9.17) is 4.74 Å². The SMILES string of the molecule is COC(=O)[C@H](Cc1ccccc1[N+](=O)[O-])NC(=O)C(c1ccccc1)c1ccccc1. The highest BCUT2D eigenvalue weighted by Gasteiger charge is 2.30. The van der Waals surface area contributed by atoms with Gasteiger partial charge in [0.05, 0.1) is 18.0 Å². The lowest BCUT2D eigenvalue weighted by Crippen LogP contribution is -2.45. The molecule has 0 aliphatic heterocycles. The first-order valence-electron chi connectivity index (χ1n) is 9.71. The Kier molecular flexibility index (Phi) is 7.11. The first-order chi connectivity index (χ1) is 15.0. The summed E-state index contributed by atoms with van der Waals surface area (Å²) in [6.45, 7) is 0. The average Bonchev–Trinajstić information content (AvgIpc) is 2.80. The number of nitro benzene ring substituents is 1. The molecule has 0 saturated heterocycles. The van der Waals surface area contributed by atoms with Crippen molar-refractivity contribution in [3.05, 3.63) is 112 Å². The summed E-state index contributed by atoms with van der Waals surface area (Å²) >= 11 is 0. The molecule has 1 atom stereocenters. The molecule has 7 heteroatoms. The summed E-state index contributed by atoms with van der Waals surface area (Å²) in [5, 5.41) is 14.1. The molecule has 3 aromatic rings. The Hall–Kier alpha value is -4.00. The fourth-order valence-electron chi connectivity index (χ4n) is 3.46. The minimum absolute atomic E-state index is 0.0636. The Morgan fingerprint density at radius 2 is 1.42 bits per heavy atom. The standard InChI is InChI=1S/C24H22N2O5/c1-31-24(28)20(16-19-14-8-9-15-21(19)26(29)30)25-23(27)22(17-10-4-2-5-11-17)18-12-6-3-7-13-18/h2-15,20,22H,16H2,1H3,(H,25,27)/t20-/m0/s1. The third-order valence-corrected chi connectivity index (χ3v) is 4.94. The molecule has 0 aromatic heterocycles. The minimum atomic E-state index is -1.08. The highest BCUT2D eigenvalue weighted by atomic mass is 16.6. The molecule has 158 valence electrons. The van der Waals surface area contributed by atoms with Gasteiger partial charge in [0.1, 0.15) is 6.04 Å². The Labute approximate surface area is 179 Å². The van der Waals surface area contributed by atoms with Gasteiger partial charge in [0, 0.05) is 18.1 Å². The van der Waals surface area contributed by atoms with E-state index in [2.05, 4.69) is 5.32 Å². The number of rotatable bonds is 8. The summed E-state index contributed by atoms with van der Waals surface area (Å²) in [5.74, 6) is -1.72. The second-order valence-corrected chi connectivity index (χ2v) is 6.93. The Bertz CT molecular complexity index is 1010. The molecule has 0 spiro atoms. The lowest BCUT2D eigenvalue weighted by molar-refractivity contribution is -0.385. The molecule has 0 aliphatic carbocycles. The van der Waals surface area contributed by atoms with E-state index in [9.17, 15) is 19.7 Å². The Balaban J connectivity index is 1.92. The number of para-hydroxylation sites is 1. The largest absolute Gasteiger partial charge is 0.467 e. The highest BCUT2D eigenvalue weighted by molar-refractivity contribution is 5.91. The van der Waals surface area contributed by atoms with Gasteiger partial charge in [-0.05, 0) is 11.1 Å². The zero-order chi connectivity index (χ0) is 22.2. The summed E-state index contributed by atoms with van der Waals surface area (Å²) in [7, 11) is 1.22.